The molecule has 0 fully saturated rings. The molecule has 6 heteroatoms. The zero-order valence-electron chi connectivity index (χ0n) is 21.8. The van der Waals surface area contributed by atoms with E-state index in [2.05, 4.69) is 48.0 Å². The average molecular weight is 536 g/mol. The number of fused-ring (bicyclic) bond motifs is 3. The van der Waals surface area contributed by atoms with Gasteiger partial charge in [-0.1, -0.05) is 47.5 Å². The smallest absolute Gasteiger partial charge is 0.268 e. The number of amides is 1. The highest BCUT2D eigenvalue weighted by Crippen LogP contribution is 2.42. The molecule has 1 aliphatic rings. The maximum absolute atomic E-state index is 13.3. The number of hydrogen-bond donors (Lipinski definition) is 1. The SMILES string of the molecule is Cc1cc(OCCCc2c3n(c4c(-c5c(C)cccc5C)c(Cl)ccc24)CCCNC3=O)cc(C)c1Cl. The van der Waals surface area contributed by atoms with Gasteiger partial charge >= 0.3 is 0 Å². The Morgan fingerprint density at radius 1 is 0.946 bits per heavy atom. The molecule has 0 radical (unpaired) electrons. The molecule has 0 saturated carbocycles. The van der Waals surface area contributed by atoms with Crippen molar-refractivity contribution in [3.8, 4) is 16.9 Å². The Labute approximate surface area is 228 Å². The lowest BCUT2D eigenvalue weighted by Crippen LogP contribution is -2.24. The minimum absolute atomic E-state index is 0.0165. The monoisotopic (exact) mass is 534 g/mol. The third-order valence-corrected chi connectivity index (χ3v) is 8.23. The van der Waals surface area contributed by atoms with E-state index in [0.29, 0.717) is 18.2 Å². The molecule has 4 aromatic rings. The van der Waals surface area contributed by atoms with Gasteiger partial charge in [0.2, 0.25) is 0 Å². The highest BCUT2D eigenvalue weighted by molar-refractivity contribution is 6.35. The molecular weight excluding hydrogens is 503 g/mol. The lowest BCUT2D eigenvalue weighted by Gasteiger charge is -2.16. The molecule has 0 unspecified atom stereocenters. The van der Waals surface area contributed by atoms with Crippen molar-refractivity contribution in [2.75, 3.05) is 13.2 Å². The number of carbonyl (C=O) groups excluding carboxylic acids is 1. The van der Waals surface area contributed by atoms with Crippen LogP contribution in [0.2, 0.25) is 10.0 Å². The van der Waals surface area contributed by atoms with Crippen LogP contribution < -0.4 is 10.1 Å². The minimum atomic E-state index is -0.0165. The van der Waals surface area contributed by atoms with E-state index in [1.54, 1.807) is 0 Å². The van der Waals surface area contributed by atoms with E-state index in [-0.39, 0.29) is 5.91 Å². The third kappa shape index (κ3) is 4.73. The van der Waals surface area contributed by atoms with Crippen LogP contribution in [0.3, 0.4) is 0 Å². The Balaban J connectivity index is 1.56. The molecule has 0 aliphatic carbocycles. The lowest BCUT2D eigenvalue weighted by atomic mass is 9.93. The van der Waals surface area contributed by atoms with Crippen LogP contribution in [0.1, 0.15) is 51.1 Å². The summed E-state index contributed by atoms with van der Waals surface area (Å²) in [6, 6.07) is 14.3. The molecule has 1 N–H and O–H groups in total. The van der Waals surface area contributed by atoms with Crippen molar-refractivity contribution in [2.24, 2.45) is 0 Å². The maximum Gasteiger partial charge on any atom is 0.268 e. The summed E-state index contributed by atoms with van der Waals surface area (Å²) in [6.07, 6.45) is 2.38. The molecule has 37 heavy (non-hydrogen) atoms. The number of aromatic nitrogens is 1. The molecule has 0 bridgehead atoms. The van der Waals surface area contributed by atoms with E-state index >= 15 is 0 Å². The summed E-state index contributed by atoms with van der Waals surface area (Å²) in [5.41, 5.74) is 9.38. The summed E-state index contributed by atoms with van der Waals surface area (Å²) in [4.78, 5) is 13.3. The van der Waals surface area contributed by atoms with Crippen LogP contribution in [-0.4, -0.2) is 23.6 Å². The average Bonchev–Trinajstić information content (AvgIpc) is 3.04. The molecule has 0 saturated heterocycles. The second-order valence-electron chi connectivity index (χ2n) is 10.00. The highest BCUT2D eigenvalue weighted by atomic mass is 35.5. The normalized spacial score (nSPS) is 13.4. The molecule has 2 heterocycles. The van der Waals surface area contributed by atoms with Gasteiger partial charge in [0.1, 0.15) is 11.4 Å². The van der Waals surface area contributed by atoms with Gasteiger partial charge in [-0.05, 0) is 98.5 Å². The van der Waals surface area contributed by atoms with Crippen LogP contribution in [-0.2, 0) is 13.0 Å². The van der Waals surface area contributed by atoms with Crippen molar-refractivity contribution in [3.63, 3.8) is 0 Å². The molecular formula is C31H32Cl2N2O2. The number of hydrogen-bond acceptors (Lipinski definition) is 2. The molecule has 1 aromatic heterocycles. The Bertz CT molecular complexity index is 1480. The van der Waals surface area contributed by atoms with E-state index in [1.807, 2.05) is 32.0 Å². The van der Waals surface area contributed by atoms with Crippen molar-refractivity contribution in [1.29, 1.82) is 0 Å². The summed E-state index contributed by atoms with van der Waals surface area (Å²) in [6.45, 7) is 10.2. The largest absolute Gasteiger partial charge is 0.494 e. The van der Waals surface area contributed by atoms with Crippen LogP contribution in [0, 0.1) is 27.7 Å². The quantitative estimate of drug-likeness (QED) is 0.254. The molecule has 5 rings (SSSR count). The van der Waals surface area contributed by atoms with Gasteiger partial charge < -0.3 is 14.6 Å². The fourth-order valence-electron chi connectivity index (χ4n) is 5.63. The van der Waals surface area contributed by atoms with Gasteiger partial charge in [0, 0.05) is 29.1 Å². The summed E-state index contributed by atoms with van der Waals surface area (Å²) in [5, 5.41) is 5.67. The van der Waals surface area contributed by atoms with E-state index in [4.69, 9.17) is 27.9 Å². The highest BCUT2D eigenvalue weighted by Gasteiger charge is 2.27. The molecule has 3 aromatic carbocycles. The van der Waals surface area contributed by atoms with Crippen molar-refractivity contribution in [1.82, 2.24) is 9.88 Å². The molecule has 192 valence electrons. The molecule has 0 atom stereocenters. The number of carbonyl (C=O) groups is 1. The number of halogens is 2. The number of nitrogens with one attached hydrogen (secondary N) is 1. The Hall–Kier alpha value is -2.95. The van der Waals surface area contributed by atoms with Crippen molar-refractivity contribution in [3.05, 3.63) is 86.0 Å². The number of aryl methyl sites for hydroxylation is 6. The Morgan fingerprint density at radius 2 is 1.65 bits per heavy atom. The second-order valence-corrected chi connectivity index (χ2v) is 10.8. The van der Waals surface area contributed by atoms with Crippen molar-refractivity contribution < 1.29 is 9.53 Å². The summed E-state index contributed by atoms with van der Waals surface area (Å²) in [7, 11) is 0. The first kappa shape index (κ1) is 25.7. The maximum atomic E-state index is 13.3. The van der Waals surface area contributed by atoms with Crippen LogP contribution in [0.4, 0.5) is 0 Å². The van der Waals surface area contributed by atoms with E-state index in [0.717, 1.165) is 81.0 Å². The number of rotatable bonds is 6. The zero-order chi connectivity index (χ0) is 26.3. The van der Waals surface area contributed by atoms with Gasteiger partial charge in [-0.25, -0.2) is 0 Å². The molecule has 4 nitrogen and oxygen atoms in total. The number of benzene rings is 3. The van der Waals surface area contributed by atoms with Gasteiger partial charge in [-0.2, -0.15) is 0 Å². The van der Waals surface area contributed by atoms with Crippen LogP contribution >= 0.6 is 23.2 Å². The molecule has 0 spiro atoms. The fraction of sp³-hybridized carbons (Fsp3) is 0.323. The fourth-order valence-corrected chi connectivity index (χ4v) is 5.98. The first-order valence-corrected chi connectivity index (χ1v) is 13.6. The third-order valence-electron chi connectivity index (χ3n) is 7.32. The summed E-state index contributed by atoms with van der Waals surface area (Å²) in [5.74, 6) is 0.805. The topological polar surface area (TPSA) is 43.3 Å². The number of ether oxygens (including phenoxy) is 1. The van der Waals surface area contributed by atoms with Crippen LogP contribution in [0.5, 0.6) is 5.75 Å². The van der Waals surface area contributed by atoms with Crippen LogP contribution in [0.25, 0.3) is 22.0 Å². The zero-order valence-corrected chi connectivity index (χ0v) is 23.3. The Morgan fingerprint density at radius 3 is 2.35 bits per heavy atom. The Kier molecular flexibility index (Phi) is 7.24. The second kappa shape index (κ2) is 10.4. The van der Waals surface area contributed by atoms with Gasteiger partial charge in [0.15, 0.2) is 0 Å². The van der Waals surface area contributed by atoms with Gasteiger partial charge in [-0.15, -0.1) is 0 Å². The van der Waals surface area contributed by atoms with Crippen molar-refractivity contribution >= 4 is 40.0 Å². The minimum Gasteiger partial charge on any atom is -0.494 e. The van der Waals surface area contributed by atoms with E-state index in [9.17, 15) is 4.79 Å². The van der Waals surface area contributed by atoms with Crippen LogP contribution in [0.15, 0.2) is 42.5 Å². The standard InChI is InChI=1S/C31H32Cl2N2O2/c1-18-8-5-9-19(2)26(18)27-25(32)12-11-24-23(30-31(36)34-13-7-14-35(30)29(24)27)10-6-15-37-22-16-20(3)28(33)21(4)17-22/h5,8-9,11-12,16-17H,6-7,10,13-15H2,1-4H3,(H,34,36). The summed E-state index contributed by atoms with van der Waals surface area (Å²) >= 11 is 13.2. The predicted molar refractivity (Wildman–Crippen MR) is 154 cm³/mol. The molecule has 1 amide bonds. The first-order chi connectivity index (χ1) is 17.8. The molecule has 1 aliphatic heterocycles. The first-order valence-electron chi connectivity index (χ1n) is 12.9. The van der Waals surface area contributed by atoms with Gasteiger partial charge in [0.05, 0.1) is 17.1 Å². The van der Waals surface area contributed by atoms with Gasteiger partial charge in [0.25, 0.3) is 5.91 Å². The number of nitrogens with zero attached hydrogens (tertiary/aromatic N) is 1. The van der Waals surface area contributed by atoms with Crippen molar-refractivity contribution in [2.45, 2.75) is 53.5 Å². The van der Waals surface area contributed by atoms with E-state index in [1.165, 1.54) is 11.1 Å². The lowest BCUT2D eigenvalue weighted by molar-refractivity contribution is 0.0950. The van der Waals surface area contributed by atoms with Gasteiger partial charge in [-0.3, -0.25) is 4.79 Å². The predicted octanol–water partition coefficient (Wildman–Crippen LogP) is 7.99. The summed E-state index contributed by atoms with van der Waals surface area (Å²) < 4.78 is 8.29. The van der Waals surface area contributed by atoms with E-state index < -0.39 is 0 Å².